The Balaban J connectivity index is 2.59. The molecular formula is C13H26N2O5S. The van der Waals surface area contributed by atoms with Crippen molar-refractivity contribution in [2.24, 2.45) is 5.92 Å². The molecule has 1 aliphatic heterocycles. The van der Waals surface area contributed by atoms with Crippen LogP contribution in [0.5, 0.6) is 0 Å². The molecule has 1 rings (SSSR count). The molecule has 0 amide bonds. The average Bonchev–Trinajstić information content (AvgIpc) is 2.45. The molecule has 1 saturated heterocycles. The number of hydrogen-bond acceptors (Lipinski definition) is 5. The molecule has 0 radical (unpaired) electrons. The Labute approximate surface area is 126 Å². The first-order chi connectivity index (χ1) is 9.90. The van der Waals surface area contributed by atoms with Crippen LogP contribution in [-0.2, 0) is 19.7 Å². The average molecular weight is 322 g/mol. The SMILES string of the molecule is CCOC(=O)C1CCCN(S(=O)(=O)NC(C)CCCO)C1. The van der Waals surface area contributed by atoms with Crippen LogP contribution in [0.3, 0.4) is 0 Å². The first-order valence-electron chi connectivity index (χ1n) is 7.45. The molecule has 2 atom stereocenters. The molecule has 1 aliphatic rings. The summed E-state index contributed by atoms with van der Waals surface area (Å²) >= 11 is 0. The summed E-state index contributed by atoms with van der Waals surface area (Å²) in [4.78, 5) is 11.7. The summed E-state index contributed by atoms with van der Waals surface area (Å²) in [6, 6.07) is -0.245. The number of ether oxygens (including phenoxy) is 1. The lowest BCUT2D eigenvalue weighted by Gasteiger charge is -2.31. The van der Waals surface area contributed by atoms with Crippen LogP contribution in [-0.4, -0.2) is 56.1 Å². The summed E-state index contributed by atoms with van der Waals surface area (Å²) in [6.07, 6.45) is 2.43. The van der Waals surface area contributed by atoms with Crippen LogP contribution >= 0.6 is 0 Å². The molecule has 0 spiro atoms. The maximum atomic E-state index is 12.3. The van der Waals surface area contributed by atoms with E-state index in [0.29, 0.717) is 38.8 Å². The Morgan fingerprint density at radius 3 is 2.86 bits per heavy atom. The summed E-state index contributed by atoms with van der Waals surface area (Å²) in [5.41, 5.74) is 0. The van der Waals surface area contributed by atoms with Gasteiger partial charge in [0.15, 0.2) is 0 Å². The lowest BCUT2D eigenvalue weighted by molar-refractivity contribution is -0.149. The quantitative estimate of drug-likeness (QED) is 0.625. The normalized spacial score (nSPS) is 22.0. The fourth-order valence-corrected chi connectivity index (χ4v) is 3.92. The molecule has 2 unspecified atom stereocenters. The Morgan fingerprint density at radius 1 is 1.52 bits per heavy atom. The molecule has 0 aliphatic carbocycles. The van der Waals surface area contributed by atoms with Gasteiger partial charge in [0.2, 0.25) is 0 Å². The lowest BCUT2D eigenvalue weighted by Crippen LogP contribution is -2.49. The van der Waals surface area contributed by atoms with E-state index in [4.69, 9.17) is 9.84 Å². The zero-order valence-corrected chi connectivity index (χ0v) is 13.6. The second-order valence-electron chi connectivity index (χ2n) is 5.34. The topological polar surface area (TPSA) is 95.9 Å². The summed E-state index contributed by atoms with van der Waals surface area (Å²) < 4.78 is 33.4. The van der Waals surface area contributed by atoms with Crippen molar-refractivity contribution in [2.75, 3.05) is 26.3 Å². The third-order valence-electron chi connectivity index (χ3n) is 3.49. The number of nitrogens with zero attached hydrogens (tertiary/aromatic N) is 1. The van der Waals surface area contributed by atoms with Crippen LogP contribution in [0.25, 0.3) is 0 Å². The summed E-state index contributed by atoms with van der Waals surface area (Å²) in [6.45, 7) is 4.43. The van der Waals surface area contributed by atoms with E-state index < -0.39 is 10.2 Å². The van der Waals surface area contributed by atoms with Crippen molar-refractivity contribution in [2.45, 2.75) is 45.6 Å². The van der Waals surface area contributed by atoms with E-state index in [2.05, 4.69) is 4.72 Å². The maximum Gasteiger partial charge on any atom is 0.310 e. The van der Waals surface area contributed by atoms with Gasteiger partial charge in [-0.2, -0.15) is 17.4 Å². The van der Waals surface area contributed by atoms with Crippen LogP contribution < -0.4 is 4.72 Å². The van der Waals surface area contributed by atoms with Crippen LogP contribution in [0.15, 0.2) is 0 Å². The van der Waals surface area contributed by atoms with E-state index in [1.54, 1.807) is 13.8 Å². The minimum absolute atomic E-state index is 0.0424. The van der Waals surface area contributed by atoms with E-state index in [1.165, 1.54) is 4.31 Å². The molecule has 0 aromatic carbocycles. The molecule has 2 N–H and O–H groups in total. The second-order valence-corrected chi connectivity index (χ2v) is 7.04. The molecule has 7 nitrogen and oxygen atoms in total. The van der Waals surface area contributed by atoms with Gasteiger partial charge >= 0.3 is 5.97 Å². The highest BCUT2D eigenvalue weighted by molar-refractivity contribution is 7.87. The van der Waals surface area contributed by atoms with E-state index in [9.17, 15) is 13.2 Å². The fraction of sp³-hybridized carbons (Fsp3) is 0.923. The summed E-state index contributed by atoms with van der Waals surface area (Å²) in [7, 11) is -3.60. The maximum absolute atomic E-state index is 12.3. The predicted molar refractivity (Wildman–Crippen MR) is 78.8 cm³/mol. The van der Waals surface area contributed by atoms with Crippen LogP contribution in [0, 0.1) is 5.92 Å². The first kappa shape index (κ1) is 18.3. The number of esters is 1. The highest BCUT2D eigenvalue weighted by Crippen LogP contribution is 2.20. The minimum Gasteiger partial charge on any atom is -0.466 e. The molecular weight excluding hydrogens is 296 g/mol. The highest BCUT2D eigenvalue weighted by Gasteiger charge is 2.33. The number of aliphatic hydroxyl groups is 1. The van der Waals surface area contributed by atoms with Crippen molar-refractivity contribution in [1.82, 2.24) is 9.03 Å². The number of rotatable bonds is 8. The molecule has 0 aromatic rings. The standard InChI is InChI=1S/C13H26N2O5S/c1-3-20-13(17)12-7-4-8-15(10-12)21(18,19)14-11(2)6-5-9-16/h11-12,14,16H,3-10H2,1-2H3. The smallest absolute Gasteiger partial charge is 0.310 e. The third kappa shape index (κ3) is 5.90. The Hall–Kier alpha value is -0.700. The van der Waals surface area contributed by atoms with Gasteiger partial charge in [-0.25, -0.2) is 0 Å². The van der Waals surface area contributed by atoms with Crippen molar-refractivity contribution < 1.29 is 23.1 Å². The molecule has 0 saturated carbocycles. The van der Waals surface area contributed by atoms with Gasteiger partial charge in [-0.05, 0) is 39.5 Å². The van der Waals surface area contributed by atoms with Crippen molar-refractivity contribution in [3.05, 3.63) is 0 Å². The number of piperidine rings is 1. The number of hydrogen-bond donors (Lipinski definition) is 2. The third-order valence-corrected chi connectivity index (χ3v) is 5.20. The molecule has 0 aromatic heterocycles. The van der Waals surface area contributed by atoms with Gasteiger partial charge in [-0.3, -0.25) is 4.79 Å². The van der Waals surface area contributed by atoms with Crippen LogP contribution in [0.2, 0.25) is 0 Å². The Kier molecular flexibility index (Phi) is 7.58. The van der Waals surface area contributed by atoms with Crippen molar-refractivity contribution in [1.29, 1.82) is 0 Å². The van der Waals surface area contributed by atoms with Crippen molar-refractivity contribution >= 4 is 16.2 Å². The van der Waals surface area contributed by atoms with Gasteiger partial charge in [0.05, 0.1) is 12.5 Å². The number of carbonyl (C=O) groups is 1. The van der Waals surface area contributed by atoms with Gasteiger partial charge in [0.25, 0.3) is 10.2 Å². The first-order valence-corrected chi connectivity index (χ1v) is 8.89. The summed E-state index contributed by atoms with van der Waals surface area (Å²) in [5, 5.41) is 8.77. The number of nitrogens with one attached hydrogen (secondary N) is 1. The van der Waals surface area contributed by atoms with E-state index in [1.807, 2.05) is 0 Å². The predicted octanol–water partition coefficient (Wildman–Crippen LogP) is 0.257. The van der Waals surface area contributed by atoms with Crippen molar-refractivity contribution in [3.8, 4) is 0 Å². The highest BCUT2D eigenvalue weighted by atomic mass is 32.2. The Bertz CT molecular complexity index is 426. The van der Waals surface area contributed by atoms with Gasteiger partial charge in [-0.15, -0.1) is 0 Å². The molecule has 124 valence electrons. The largest absolute Gasteiger partial charge is 0.466 e. The number of carbonyl (C=O) groups excluding carboxylic acids is 1. The fourth-order valence-electron chi connectivity index (χ4n) is 2.40. The van der Waals surface area contributed by atoms with Gasteiger partial charge in [0.1, 0.15) is 0 Å². The molecule has 8 heteroatoms. The number of aliphatic hydroxyl groups excluding tert-OH is 1. The van der Waals surface area contributed by atoms with Crippen molar-refractivity contribution in [3.63, 3.8) is 0 Å². The van der Waals surface area contributed by atoms with E-state index in [0.717, 1.165) is 0 Å². The molecule has 1 heterocycles. The van der Waals surface area contributed by atoms with E-state index >= 15 is 0 Å². The molecule has 1 fully saturated rings. The Morgan fingerprint density at radius 2 is 2.24 bits per heavy atom. The minimum atomic E-state index is -3.60. The molecule has 0 bridgehead atoms. The second kappa shape index (κ2) is 8.67. The zero-order valence-electron chi connectivity index (χ0n) is 12.7. The van der Waals surface area contributed by atoms with Gasteiger partial charge in [0, 0.05) is 25.7 Å². The zero-order chi connectivity index (χ0) is 15.9. The molecule has 21 heavy (non-hydrogen) atoms. The monoisotopic (exact) mass is 322 g/mol. The van der Waals surface area contributed by atoms with Gasteiger partial charge < -0.3 is 9.84 Å². The lowest BCUT2D eigenvalue weighted by atomic mass is 10.0. The summed E-state index contributed by atoms with van der Waals surface area (Å²) in [5.74, 6) is -0.714. The van der Waals surface area contributed by atoms with Crippen LogP contribution in [0.4, 0.5) is 0 Å². The van der Waals surface area contributed by atoms with Gasteiger partial charge in [-0.1, -0.05) is 0 Å². The van der Waals surface area contributed by atoms with Crippen LogP contribution in [0.1, 0.15) is 39.5 Å². The van der Waals surface area contributed by atoms with E-state index in [-0.39, 0.29) is 31.1 Å².